The lowest BCUT2D eigenvalue weighted by Crippen LogP contribution is -2.54. The molecule has 0 radical (unpaired) electrons. The first-order valence-corrected chi connectivity index (χ1v) is 18.5. The van der Waals surface area contributed by atoms with Crippen LogP contribution in [0.25, 0.3) is 0 Å². The Hall–Kier alpha value is -5.40. The average Bonchev–Trinajstić information content (AvgIpc) is 3.75. The smallest absolute Gasteiger partial charge is 0.259 e. The molecular weight excluding hydrogens is 688 g/mol. The molecule has 6 atom stereocenters. The molecule has 12 nitrogen and oxygen atoms in total. The van der Waals surface area contributed by atoms with Crippen molar-refractivity contribution >= 4 is 35.0 Å². The lowest BCUT2D eigenvalue weighted by Gasteiger charge is -2.38. The van der Waals surface area contributed by atoms with Gasteiger partial charge in [0.15, 0.2) is 24.4 Å². The summed E-state index contributed by atoms with van der Waals surface area (Å²) in [6.45, 7) is 1.02. The molecule has 4 aliphatic rings. The van der Waals surface area contributed by atoms with Gasteiger partial charge in [0.2, 0.25) is 11.6 Å². The number of fused-ring (bicyclic) bond motifs is 4. The second-order valence-electron chi connectivity index (χ2n) is 13.9. The summed E-state index contributed by atoms with van der Waals surface area (Å²) in [4.78, 5) is 57.3. The van der Waals surface area contributed by atoms with Gasteiger partial charge >= 0.3 is 0 Å². The number of hydrogen-bond donors (Lipinski definition) is 2. The van der Waals surface area contributed by atoms with Gasteiger partial charge in [-0.2, -0.15) is 0 Å². The summed E-state index contributed by atoms with van der Waals surface area (Å²) in [7, 11) is 0. The lowest BCUT2D eigenvalue weighted by atomic mass is 10.0. The van der Waals surface area contributed by atoms with Crippen molar-refractivity contribution in [3.63, 3.8) is 0 Å². The molecule has 4 saturated heterocycles. The first-order valence-electron chi connectivity index (χ1n) is 18.5. The molecule has 2 N–H and O–H groups in total. The number of anilines is 2. The van der Waals surface area contributed by atoms with Crippen LogP contribution in [0.3, 0.4) is 0 Å². The molecule has 278 valence electrons. The summed E-state index contributed by atoms with van der Waals surface area (Å²) in [5.74, 6) is -3.98. The van der Waals surface area contributed by atoms with Crippen LogP contribution < -0.4 is 20.4 Å². The molecule has 8 rings (SSSR count). The van der Waals surface area contributed by atoms with Gasteiger partial charge in [-0.1, -0.05) is 110 Å². The Morgan fingerprint density at radius 3 is 1.24 bits per heavy atom. The van der Waals surface area contributed by atoms with Gasteiger partial charge in [-0.05, 0) is 37.1 Å². The largest absolute Gasteiger partial charge is 0.354 e. The summed E-state index contributed by atoms with van der Waals surface area (Å²) in [5, 5.41) is 5.87. The van der Waals surface area contributed by atoms with Crippen LogP contribution in [0, 0.1) is 0 Å². The van der Waals surface area contributed by atoms with E-state index in [0.717, 1.165) is 24.0 Å². The standard InChI is InChI=1S/C42H42N4O8/c47-37(33-35-39(49)45(31-21-11-5-12-22-31)27-41(51-33,53-35)29-17-7-3-8-18-29)43-25-15-1-2-16-26-44-38(48)34-36-40(50)46(32-23-13-6-14-24-32)28-42(52-34,54-36)30-19-9-4-10-20-30/h3-14,17-24,33-36H,1-2,15-16,25-28H2,(H,43,47)(H,44,48). The van der Waals surface area contributed by atoms with Crippen molar-refractivity contribution in [1.29, 1.82) is 0 Å². The normalized spacial score (nSPS) is 27.2. The van der Waals surface area contributed by atoms with E-state index < -0.39 is 47.8 Å². The zero-order valence-electron chi connectivity index (χ0n) is 29.7. The number of rotatable bonds is 13. The van der Waals surface area contributed by atoms with E-state index in [1.807, 2.05) is 121 Å². The Labute approximate surface area is 313 Å². The van der Waals surface area contributed by atoms with Gasteiger partial charge in [0.1, 0.15) is 0 Å². The molecule has 6 unspecified atom stereocenters. The predicted molar refractivity (Wildman–Crippen MR) is 198 cm³/mol. The highest BCUT2D eigenvalue weighted by molar-refractivity contribution is 6.03. The van der Waals surface area contributed by atoms with Gasteiger partial charge in [-0.3, -0.25) is 19.2 Å². The van der Waals surface area contributed by atoms with Crippen molar-refractivity contribution in [1.82, 2.24) is 10.6 Å². The Balaban J connectivity index is 0.815. The molecule has 4 fully saturated rings. The first kappa shape index (κ1) is 35.6. The molecule has 0 aliphatic carbocycles. The fraction of sp³-hybridized carbons (Fsp3) is 0.333. The minimum atomic E-state index is -1.27. The Kier molecular flexibility index (Phi) is 9.99. The fourth-order valence-electron chi connectivity index (χ4n) is 7.61. The highest BCUT2D eigenvalue weighted by Crippen LogP contribution is 2.45. The monoisotopic (exact) mass is 730 g/mol. The number of ether oxygens (including phenoxy) is 4. The van der Waals surface area contributed by atoms with E-state index in [-0.39, 0.29) is 24.9 Å². The number of benzene rings is 4. The lowest BCUT2D eigenvalue weighted by molar-refractivity contribution is -0.191. The third-order valence-corrected chi connectivity index (χ3v) is 10.4. The molecule has 0 spiro atoms. The zero-order valence-corrected chi connectivity index (χ0v) is 29.7. The fourth-order valence-corrected chi connectivity index (χ4v) is 7.61. The van der Waals surface area contributed by atoms with Gasteiger partial charge in [0, 0.05) is 35.6 Å². The predicted octanol–water partition coefficient (Wildman–Crippen LogP) is 4.15. The third kappa shape index (κ3) is 6.77. The number of para-hydroxylation sites is 2. The van der Waals surface area contributed by atoms with Gasteiger partial charge in [-0.15, -0.1) is 0 Å². The van der Waals surface area contributed by atoms with Crippen LogP contribution in [0.1, 0.15) is 36.8 Å². The highest BCUT2D eigenvalue weighted by Gasteiger charge is 2.61. The SMILES string of the molecule is O=C(NCCCCCCNC(=O)C1OC2(c3ccccc3)CN(c3ccccc3)C(=O)C1O2)C1OC2(c3ccccc3)CN(c3ccccc3)C(=O)C1O2. The van der Waals surface area contributed by atoms with E-state index in [9.17, 15) is 19.2 Å². The van der Waals surface area contributed by atoms with Crippen LogP contribution in [-0.2, 0) is 49.7 Å². The average molecular weight is 731 g/mol. The number of nitrogens with zero attached hydrogens (tertiary/aromatic N) is 2. The summed E-state index contributed by atoms with van der Waals surface area (Å²) in [6.07, 6.45) is -1.40. The number of hydrogen-bond acceptors (Lipinski definition) is 8. The Morgan fingerprint density at radius 1 is 0.519 bits per heavy atom. The zero-order chi connectivity index (χ0) is 37.1. The van der Waals surface area contributed by atoms with Gasteiger partial charge in [0.05, 0.1) is 13.1 Å². The van der Waals surface area contributed by atoms with Gasteiger partial charge in [0.25, 0.3) is 23.6 Å². The van der Waals surface area contributed by atoms with Crippen molar-refractivity contribution < 1.29 is 38.1 Å². The molecule has 4 amide bonds. The molecule has 0 saturated carbocycles. The van der Waals surface area contributed by atoms with Crippen molar-refractivity contribution in [2.75, 3.05) is 36.0 Å². The summed E-state index contributed by atoms with van der Waals surface area (Å²) >= 11 is 0. The van der Waals surface area contributed by atoms with Crippen molar-refractivity contribution in [3.05, 3.63) is 132 Å². The number of unbranched alkanes of at least 4 members (excludes halogenated alkanes) is 3. The molecule has 54 heavy (non-hydrogen) atoms. The summed E-state index contributed by atoms with van der Waals surface area (Å²) in [5.41, 5.74) is 2.89. The maximum absolute atomic E-state index is 13.6. The Bertz CT molecular complexity index is 1830. The van der Waals surface area contributed by atoms with E-state index in [0.29, 0.717) is 37.3 Å². The molecular formula is C42H42N4O8. The van der Waals surface area contributed by atoms with E-state index in [1.54, 1.807) is 9.80 Å². The number of carbonyl (C=O) groups is 4. The van der Waals surface area contributed by atoms with Crippen LogP contribution in [0.4, 0.5) is 11.4 Å². The number of carbonyl (C=O) groups excluding carboxylic acids is 4. The highest BCUT2D eigenvalue weighted by atomic mass is 16.8. The molecule has 4 heterocycles. The topological polar surface area (TPSA) is 136 Å². The van der Waals surface area contributed by atoms with Crippen LogP contribution in [-0.4, -0.2) is 74.2 Å². The van der Waals surface area contributed by atoms with Crippen LogP contribution in [0.5, 0.6) is 0 Å². The third-order valence-electron chi connectivity index (χ3n) is 10.4. The van der Waals surface area contributed by atoms with Crippen LogP contribution in [0.15, 0.2) is 121 Å². The summed E-state index contributed by atoms with van der Waals surface area (Å²) < 4.78 is 25.1. The number of amides is 4. The molecule has 4 aliphatic heterocycles. The van der Waals surface area contributed by atoms with E-state index >= 15 is 0 Å². The maximum atomic E-state index is 13.6. The molecule has 4 bridgehead atoms. The van der Waals surface area contributed by atoms with Gasteiger partial charge < -0.3 is 39.4 Å². The van der Waals surface area contributed by atoms with Crippen LogP contribution >= 0.6 is 0 Å². The number of nitrogens with one attached hydrogen (secondary N) is 2. The molecule has 4 aromatic carbocycles. The quantitative estimate of drug-likeness (QED) is 0.196. The van der Waals surface area contributed by atoms with Crippen molar-refractivity contribution in [3.8, 4) is 0 Å². The van der Waals surface area contributed by atoms with Crippen LogP contribution in [0.2, 0.25) is 0 Å². The second-order valence-corrected chi connectivity index (χ2v) is 13.9. The molecule has 0 aromatic heterocycles. The minimum absolute atomic E-state index is 0.119. The van der Waals surface area contributed by atoms with E-state index in [2.05, 4.69) is 10.6 Å². The first-order chi connectivity index (χ1) is 26.4. The molecule has 4 aromatic rings. The second kappa shape index (κ2) is 15.2. The van der Waals surface area contributed by atoms with E-state index in [1.165, 1.54) is 0 Å². The number of morpholine rings is 2. The molecule has 12 heteroatoms. The van der Waals surface area contributed by atoms with Gasteiger partial charge in [-0.25, -0.2) is 0 Å². The minimum Gasteiger partial charge on any atom is -0.354 e. The van der Waals surface area contributed by atoms with Crippen molar-refractivity contribution in [2.45, 2.75) is 61.7 Å². The summed E-state index contributed by atoms with van der Waals surface area (Å²) in [6, 6.07) is 37.4. The van der Waals surface area contributed by atoms with E-state index in [4.69, 9.17) is 18.9 Å². The Morgan fingerprint density at radius 2 is 0.870 bits per heavy atom. The maximum Gasteiger partial charge on any atom is 0.259 e. The van der Waals surface area contributed by atoms with Crippen molar-refractivity contribution in [2.24, 2.45) is 0 Å².